The molecule has 0 saturated carbocycles. The van der Waals surface area contributed by atoms with Crippen molar-refractivity contribution in [3.8, 4) is 11.4 Å². The van der Waals surface area contributed by atoms with Crippen LogP contribution < -0.4 is 10.1 Å². The number of aryl methyl sites for hydroxylation is 1. The molecule has 7 heteroatoms. The molecule has 1 N–H and O–H groups in total. The van der Waals surface area contributed by atoms with Gasteiger partial charge in [0.2, 0.25) is 5.91 Å². The highest BCUT2D eigenvalue weighted by molar-refractivity contribution is 8.00. The number of rotatable bonds is 3. The molecular weight excluding hydrogens is 382 g/mol. The Hall–Kier alpha value is -2.44. The molecular formula is C20H18ClN3O2S. The second-order valence-electron chi connectivity index (χ2n) is 6.22. The number of nitrogens with zero attached hydrogens (tertiary/aromatic N) is 2. The summed E-state index contributed by atoms with van der Waals surface area (Å²) in [5.41, 5.74) is 3.68. The quantitative estimate of drug-likeness (QED) is 0.698. The summed E-state index contributed by atoms with van der Waals surface area (Å²) >= 11 is 8.02. The summed E-state index contributed by atoms with van der Waals surface area (Å²) in [4.78, 5) is 12.4. The van der Waals surface area contributed by atoms with Crippen LogP contribution >= 0.6 is 23.4 Å². The lowest BCUT2D eigenvalue weighted by Gasteiger charge is -2.16. The summed E-state index contributed by atoms with van der Waals surface area (Å²) in [5.74, 6) is 1.76. The lowest BCUT2D eigenvalue weighted by Crippen LogP contribution is -2.15. The second kappa shape index (κ2) is 7.29. The first-order chi connectivity index (χ1) is 13.1. The number of methoxy groups -OCH3 is 1. The molecule has 5 nitrogen and oxygen atoms in total. The number of aromatic nitrogens is 2. The number of fused-ring (bicyclic) bond motifs is 1. The van der Waals surface area contributed by atoms with Crippen LogP contribution in [0.4, 0.5) is 5.82 Å². The first kappa shape index (κ1) is 17.9. The van der Waals surface area contributed by atoms with Crippen LogP contribution in [0.1, 0.15) is 22.1 Å². The Morgan fingerprint density at radius 2 is 1.96 bits per heavy atom. The largest absolute Gasteiger partial charge is 0.497 e. The van der Waals surface area contributed by atoms with Gasteiger partial charge < -0.3 is 10.1 Å². The smallest absolute Gasteiger partial charge is 0.235 e. The second-order valence-corrected chi connectivity index (χ2v) is 7.72. The van der Waals surface area contributed by atoms with Gasteiger partial charge >= 0.3 is 0 Å². The van der Waals surface area contributed by atoms with Crippen molar-refractivity contribution in [1.82, 2.24) is 9.78 Å². The summed E-state index contributed by atoms with van der Waals surface area (Å²) in [6.45, 7) is 1.96. The van der Waals surface area contributed by atoms with Gasteiger partial charge in [0, 0.05) is 10.6 Å². The normalized spacial score (nSPS) is 16.4. The molecule has 138 valence electrons. The van der Waals surface area contributed by atoms with Crippen molar-refractivity contribution in [3.05, 3.63) is 70.4 Å². The Labute approximate surface area is 166 Å². The van der Waals surface area contributed by atoms with Crippen molar-refractivity contribution in [3.63, 3.8) is 0 Å². The number of halogens is 1. The van der Waals surface area contributed by atoms with Gasteiger partial charge in [-0.15, -0.1) is 11.8 Å². The van der Waals surface area contributed by atoms with Crippen LogP contribution in [-0.4, -0.2) is 28.6 Å². The van der Waals surface area contributed by atoms with Crippen LogP contribution in [0.15, 0.2) is 48.5 Å². The molecule has 0 spiro atoms. The number of benzene rings is 2. The molecule has 27 heavy (non-hydrogen) atoms. The molecule has 0 aliphatic carbocycles. The lowest BCUT2D eigenvalue weighted by molar-refractivity contribution is -0.113. The van der Waals surface area contributed by atoms with Crippen molar-refractivity contribution >= 4 is 35.1 Å². The Morgan fingerprint density at radius 3 is 2.67 bits per heavy atom. The van der Waals surface area contributed by atoms with Gasteiger partial charge in [-0.1, -0.05) is 29.8 Å². The molecule has 0 saturated heterocycles. The monoisotopic (exact) mass is 399 g/mol. The number of nitrogens with one attached hydrogen (secondary N) is 1. The van der Waals surface area contributed by atoms with Crippen molar-refractivity contribution in [1.29, 1.82) is 0 Å². The van der Waals surface area contributed by atoms with Gasteiger partial charge in [0.05, 0.1) is 29.5 Å². The van der Waals surface area contributed by atoms with Gasteiger partial charge in [0.1, 0.15) is 11.6 Å². The zero-order valence-electron chi connectivity index (χ0n) is 14.9. The third kappa shape index (κ3) is 3.31. The zero-order chi connectivity index (χ0) is 19.0. The van der Waals surface area contributed by atoms with E-state index in [0.29, 0.717) is 16.6 Å². The zero-order valence-corrected chi connectivity index (χ0v) is 16.5. The van der Waals surface area contributed by atoms with E-state index in [-0.39, 0.29) is 11.2 Å². The third-order valence-corrected chi connectivity index (χ3v) is 6.11. The highest BCUT2D eigenvalue weighted by atomic mass is 35.5. The Balaban J connectivity index is 1.87. The van der Waals surface area contributed by atoms with Gasteiger partial charge in [-0.3, -0.25) is 4.79 Å². The number of hydrogen-bond acceptors (Lipinski definition) is 4. The van der Waals surface area contributed by atoms with Crippen molar-refractivity contribution < 1.29 is 9.53 Å². The predicted molar refractivity (Wildman–Crippen MR) is 109 cm³/mol. The van der Waals surface area contributed by atoms with Crippen LogP contribution in [-0.2, 0) is 4.79 Å². The molecule has 0 radical (unpaired) electrons. The highest BCUT2D eigenvalue weighted by Gasteiger charge is 2.31. The number of carbonyl (C=O) groups excluding carboxylic acids is 1. The van der Waals surface area contributed by atoms with E-state index in [1.807, 2.05) is 55.5 Å². The standard InChI is InChI=1S/C20H18ClN3O2S/c1-12-18-19(15-5-3-4-6-16(15)21)27-11-17(25)22-20(18)24(23-12)13-7-9-14(26-2)10-8-13/h3-10,19H,11H2,1-2H3,(H,22,25)/t19-/m1/s1. The third-order valence-electron chi connectivity index (χ3n) is 4.51. The molecule has 2 heterocycles. The average molecular weight is 400 g/mol. The first-order valence-electron chi connectivity index (χ1n) is 8.48. The van der Waals surface area contributed by atoms with E-state index in [9.17, 15) is 4.79 Å². The maximum Gasteiger partial charge on any atom is 0.235 e. The number of anilines is 1. The Kier molecular flexibility index (Phi) is 4.85. The van der Waals surface area contributed by atoms with Crippen LogP contribution in [0, 0.1) is 6.92 Å². The topological polar surface area (TPSA) is 56.1 Å². The van der Waals surface area contributed by atoms with E-state index in [0.717, 1.165) is 28.3 Å². The summed E-state index contributed by atoms with van der Waals surface area (Å²) in [5, 5.41) is 8.35. The van der Waals surface area contributed by atoms with E-state index >= 15 is 0 Å². The van der Waals surface area contributed by atoms with Crippen LogP contribution in [0.2, 0.25) is 5.02 Å². The predicted octanol–water partition coefficient (Wildman–Crippen LogP) is 4.62. The Morgan fingerprint density at radius 1 is 1.22 bits per heavy atom. The summed E-state index contributed by atoms with van der Waals surface area (Å²) in [7, 11) is 1.63. The average Bonchev–Trinajstić information content (AvgIpc) is 2.88. The molecule has 2 aromatic carbocycles. The van der Waals surface area contributed by atoms with Gasteiger partial charge in [0.15, 0.2) is 0 Å². The molecule has 3 aromatic rings. The minimum atomic E-state index is -0.0698. The lowest BCUT2D eigenvalue weighted by atomic mass is 10.0. The van der Waals surface area contributed by atoms with E-state index in [1.54, 1.807) is 23.6 Å². The number of ether oxygens (including phenoxy) is 1. The van der Waals surface area contributed by atoms with E-state index in [1.165, 1.54) is 0 Å². The SMILES string of the molecule is COc1ccc(-n2nc(C)c3c2NC(=O)CS[C@@H]3c2ccccc2Cl)cc1. The van der Waals surface area contributed by atoms with Gasteiger partial charge in [-0.25, -0.2) is 4.68 Å². The maximum atomic E-state index is 12.4. The molecule has 1 aliphatic heterocycles. The fraction of sp³-hybridized carbons (Fsp3) is 0.200. The summed E-state index contributed by atoms with van der Waals surface area (Å²) in [6, 6.07) is 15.3. The molecule has 4 rings (SSSR count). The van der Waals surface area contributed by atoms with Crippen LogP contribution in [0.3, 0.4) is 0 Å². The van der Waals surface area contributed by atoms with Crippen LogP contribution in [0.25, 0.3) is 5.69 Å². The molecule has 1 aliphatic rings. The van der Waals surface area contributed by atoms with E-state index < -0.39 is 0 Å². The minimum absolute atomic E-state index is 0.0505. The summed E-state index contributed by atoms with van der Waals surface area (Å²) in [6.07, 6.45) is 0. The molecule has 0 unspecified atom stereocenters. The number of hydrogen-bond donors (Lipinski definition) is 1. The number of amides is 1. The molecule has 1 atom stereocenters. The van der Waals surface area contributed by atoms with Crippen molar-refractivity contribution in [2.24, 2.45) is 0 Å². The van der Waals surface area contributed by atoms with E-state index in [2.05, 4.69) is 5.32 Å². The van der Waals surface area contributed by atoms with Gasteiger partial charge in [-0.05, 0) is 42.8 Å². The van der Waals surface area contributed by atoms with Gasteiger partial charge in [-0.2, -0.15) is 5.10 Å². The van der Waals surface area contributed by atoms with Crippen LogP contribution in [0.5, 0.6) is 5.75 Å². The molecule has 1 amide bonds. The number of thioether (sulfide) groups is 1. The van der Waals surface area contributed by atoms with Crippen molar-refractivity contribution in [2.75, 3.05) is 18.2 Å². The molecule has 1 aromatic heterocycles. The minimum Gasteiger partial charge on any atom is -0.497 e. The number of carbonyl (C=O) groups is 1. The summed E-state index contributed by atoms with van der Waals surface area (Å²) < 4.78 is 7.01. The molecule has 0 bridgehead atoms. The van der Waals surface area contributed by atoms with E-state index in [4.69, 9.17) is 21.4 Å². The maximum absolute atomic E-state index is 12.4. The van der Waals surface area contributed by atoms with Crippen molar-refractivity contribution in [2.45, 2.75) is 12.2 Å². The molecule has 0 fully saturated rings. The van der Waals surface area contributed by atoms with Gasteiger partial charge in [0.25, 0.3) is 0 Å². The highest BCUT2D eigenvalue weighted by Crippen LogP contribution is 2.45. The fourth-order valence-corrected chi connectivity index (χ4v) is 4.76. The fourth-order valence-electron chi connectivity index (χ4n) is 3.23. The Bertz CT molecular complexity index is 1000. The first-order valence-corrected chi connectivity index (χ1v) is 9.91.